The highest BCUT2D eigenvalue weighted by atomic mass is 19.1. The maximum absolute atomic E-state index is 12.9. The van der Waals surface area contributed by atoms with Gasteiger partial charge >= 0.3 is 0 Å². The van der Waals surface area contributed by atoms with E-state index in [0.717, 1.165) is 6.20 Å². The number of carbonyl (C=O) groups is 1. The molecule has 3 aromatic heterocycles. The lowest BCUT2D eigenvalue weighted by Crippen LogP contribution is -2.15. The molecule has 3 heterocycles. The van der Waals surface area contributed by atoms with Gasteiger partial charge in [-0.3, -0.25) is 4.79 Å². The number of halogens is 1. The van der Waals surface area contributed by atoms with Crippen molar-refractivity contribution in [2.24, 2.45) is 0 Å². The van der Waals surface area contributed by atoms with Crippen molar-refractivity contribution in [2.45, 2.75) is 20.3 Å². The zero-order valence-electron chi connectivity index (χ0n) is 13.1. The van der Waals surface area contributed by atoms with Crippen molar-refractivity contribution in [3.8, 4) is 11.4 Å². The Morgan fingerprint density at radius 3 is 2.79 bits per heavy atom. The van der Waals surface area contributed by atoms with Crippen LogP contribution in [0.25, 0.3) is 11.4 Å². The minimum Gasteiger partial charge on any atom is -0.339 e. The maximum atomic E-state index is 12.9. The van der Waals surface area contributed by atoms with Gasteiger partial charge in [-0.15, -0.1) is 0 Å². The SMILES string of the molecule is CCc1nc(-c2cc(C)nc(C(=O)Nc3ccc(F)cn3)c2)no1. The van der Waals surface area contributed by atoms with E-state index in [1.165, 1.54) is 12.1 Å². The fraction of sp³-hybridized carbons (Fsp3) is 0.188. The van der Waals surface area contributed by atoms with Crippen LogP contribution in [0.3, 0.4) is 0 Å². The van der Waals surface area contributed by atoms with E-state index in [0.29, 0.717) is 29.4 Å². The first-order valence-electron chi connectivity index (χ1n) is 7.29. The first kappa shape index (κ1) is 15.7. The third kappa shape index (κ3) is 3.43. The molecule has 0 aromatic carbocycles. The number of hydrogen-bond acceptors (Lipinski definition) is 6. The number of anilines is 1. The van der Waals surface area contributed by atoms with Gasteiger partial charge in [0.25, 0.3) is 5.91 Å². The molecule has 0 aliphatic heterocycles. The predicted molar refractivity (Wildman–Crippen MR) is 83.8 cm³/mol. The highest BCUT2D eigenvalue weighted by Crippen LogP contribution is 2.19. The molecular weight excluding hydrogens is 313 g/mol. The van der Waals surface area contributed by atoms with Crippen molar-refractivity contribution in [3.05, 3.63) is 53.6 Å². The van der Waals surface area contributed by atoms with Crippen LogP contribution in [0.4, 0.5) is 10.2 Å². The highest BCUT2D eigenvalue weighted by molar-refractivity contribution is 6.02. The Balaban J connectivity index is 1.87. The molecule has 122 valence electrons. The van der Waals surface area contributed by atoms with Crippen molar-refractivity contribution in [3.63, 3.8) is 0 Å². The van der Waals surface area contributed by atoms with E-state index in [9.17, 15) is 9.18 Å². The van der Waals surface area contributed by atoms with E-state index < -0.39 is 11.7 Å². The molecule has 0 aliphatic carbocycles. The molecule has 3 rings (SSSR count). The second kappa shape index (κ2) is 6.53. The van der Waals surface area contributed by atoms with E-state index in [1.807, 2.05) is 6.92 Å². The molecule has 0 aliphatic rings. The number of carbonyl (C=O) groups excluding carboxylic acids is 1. The van der Waals surface area contributed by atoms with Gasteiger partial charge in [-0.05, 0) is 31.2 Å². The van der Waals surface area contributed by atoms with Crippen LogP contribution >= 0.6 is 0 Å². The van der Waals surface area contributed by atoms with E-state index >= 15 is 0 Å². The van der Waals surface area contributed by atoms with Crippen LogP contribution in [0.5, 0.6) is 0 Å². The lowest BCUT2D eigenvalue weighted by atomic mass is 10.1. The molecule has 0 saturated carbocycles. The summed E-state index contributed by atoms with van der Waals surface area (Å²) >= 11 is 0. The zero-order valence-corrected chi connectivity index (χ0v) is 13.1. The molecule has 0 atom stereocenters. The number of aromatic nitrogens is 4. The number of hydrogen-bond donors (Lipinski definition) is 1. The molecule has 0 saturated heterocycles. The summed E-state index contributed by atoms with van der Waals surface area (Å²) in [6.45, 7) is 3.67. The molecule has 1 amide bonds. The molecule has 3 aromatic rings. The molecule has 0 radical (unpaired) electrons. The summed E-state index contributed by atoms with van der Waals surface area (Å²) in [4.78, 5) is 24.6. The molecular formula is C16H14FN5O2. The summed E-state index contributed by atoms with van der Waals surface area (Å²) in [5.74, 6) is 0.206. The van der Waals surface area contributed by atoms with Gasteiger partial charge in [-0.2, -0.15) is 4.98 Å². The Bertz CT molecular complexity index is 876. The number of nitrogens with one attached hydrogen (secondary N) is 1. The van der Waals surface area contributed by atoms with Crippen molar-refractivity contribution < 1.29 is 13.7 Å². The minimum absolute atomic E-state index is 0.180. The summed E-state index contributed by atoms with van der Waals surface area (Å²) in [7, 11) is 0. The summed E-state index contributed by atoms with van der Waals surface area (Å²) in [5, 5.41) is 6.46. The van der Waals surface area contributed by atoms with Gasteiger partial charge < -0.3 is 9.84 Å². The van der Waals surface area contributed by atoms with E-state index in [-0.39, 0.29) is 11.5 Å². The van der Waals surface area contributed by atoms with Crippen LogP contribution in [0, 0.1) is 12.7 Å². The Kier molecular flexibility index (Phi) is 4.28. The van der Waals surface area contributed by atoms with Crippen molar-refractivity contribution in [1.82, 2.24) is 20.1 Å². The number of amides is 1. The van der Waals surface area contributed by atoms with Crippen LogP contribution < -0.4 is 5.32 Å². The van der Waals surface area contributed by atoms with Crippen LogP contribution in [-0.2, 0) is 6.42 Å². The smallest absolute Gasteiger partial charge is 0.275 e. The summed E-state index contributed by atoms with van der Waals surface area (Å²) in [5.41, 5.74) is 1.44. The van der Waals surface area contributed by atoms with Crippen LogP contribution in [0.15, 0.2) is 35.0 Å². The van der Waals surface area contributed by atoms with Crippen LogP contribution in [-0.4, -0.2) is 26.0 Å². The normalized spacial score (nSPS) is 10.6. The Morgan fingerprint density at radius 2 is 2.12 bits per heavy atom. The summed E-state index contributed by atoms with van der Waals surface area (Å²) in [6, 6.07) is 5.91. The van der Waals surface area contributed by atoms with E-state index in [4.69, 9.17) is 4.52 Å². The molecule has 0 unspecified atom stereocenters. The van der Waals surface area contributed by atoms with Crippen LogP contribution in [0.2, 0.25) is 0 Å². The lowest BCUT2D eigenvalue weighted by molar-refractivity contribution is 0.102. The minimum atomic E-state index is -0.479. The molecule has 0 spiro atoms. The van der Waals surface area contributed by atoms with Gasteiger partial charge in [0.1, 0.15) is 17.3 Å². The molecule has 7 nitrogen and oxygen atoms in total. The third-order valence-corrected chi connectivity index (χ3v) is 3.18. The largest absolute Gasteiger partial charge is 0.339 e. The molecule has 0 bridgehead atoms. The third-order valence-electron chi connectivity index (χ3n) is 3.18. The predicted octanol–water partition coefficient (Wildman–Crippen LogP) is 2.79. The maximum Gasteiger partial charge on any atom is 0.275 e. The van der Waals surface area contributed by atoms with Crippen molar-refractivity contribution >= 4 is 11.7 Å². The second-order valence-electron chi connectivity index (χ2n) is 5.06. The fourth-order valence-corrected chi connectivity index (χ4v) is 2.06. The van der Waals surface area contributed by atoms with E-state index in [1.54, 1.807) is 19.1 Å². The quantitative estimate of drug-likeness (QED) is 0.792. The standard InChI is InChI=1S/C16H14FN5O2/c1-3-14-21-15(22-24-14)10-6-9(2)19-12(7-10)16(23)20-13-5-4-11(17)8-18-13/h4-8H,3H2,1-2H3,(H,18,20,23). The number of pyridine rings is 2. The van der Waals surface area contributed by atoms with Crippen molar-refractivity contribution in [2.75, 3.05) is 5.32 Å². The lowest BCUT2D eigenvalue weighted by Gasteiger charge is -2.06. The fourth-order valence-electron chi connectivity index (χ4n) is 2.06. The Hall–Kier alpha value is -3.16. The van der Waals surface area contributed by atoms with Gasteiger partial charge in [0, 0.05) is 17.7 Å². The monoisotopic (exact) mass is 327 g/mol. The average Bonchev–Trinajstić information content (AvgIpc) is 3.05. The number of nitrogens with zero attached hydrogens (tertiary/aromatic N) is 4. The van der Waals surface area contributed by atoms with Gasteiger partial charge in [-0.25, -0.2) is 14.4 Å². The first-order chi connectivity index (χ1) is 11.5. The molecule has 24 heavy (non-hydrogen) atoms. The highest BCUT2D eigenvalue weighted by Gasteiger charge is 2.14. The van der Waals surface area contributed by atoms with Gasteiger partial charge in [0.15, 0.2) is 0 Å². The van der Waals surface area contributed by atoms with Crippen LogP contribution in [0.1, 0.15) is 29.0 Å². The number of aryl methyl sites for hydroxylation is 2. The summed E-state index contributed by atoms with van der Waals surface area (Å²) in [6.07, 6.45) is 1.65. The molecule has 1 N–H and O–H groups in total. The van der Waals surface area contributed by atoms with E-state index in [2.05, 4.69) is 25.4 Å². The second-order valence-corrected chi connectivity index (χ2v) is 5.06. The number of rotatable bonds is 4. The topological polar surface area (TPSA) is 93.8 Å². The molecule has 8 heteroatoms. The Labute approximate surface area is 137 Å². The van der Waals surface area contributed by atoms with Gasteiger partial charge in [0.05, 0.1) is 6.20 Å². The van der Waals surface area contributed by atoms with Gasteiger partial charge in [-0.1, -0.05) is 12.1 Å². The zero-order chi connectivity index (χ0) is 17.1. The van der Waals surface area contributed by atoms with Crippen molar-refractivity contribution in [1.29, 1.82) is 0 Å². The summed E-state index contributed by atoms with van der Waals surface area (Å²) < 4.78 is 17.9. The Morgan fingerprint density at radius 1 is 1.29 bits per heavy atom. The first-order valence-corrected chi connectivity index (χ1v) is 7.29. The molecule has 0 fully saturated rings. The average molecular weight is 327 g/mol. The van der Waals surface area contributed by atoms with Gasteiger partial charge in [0.2, 0.25) is 11.7 Å².